The van der Waals surface area contributed by atoms with Crippen molar-refractivity contribution >= 4 is 0 Å². The van der Waals surface area contributed by atoms with Gasteiger partial charge in [-0.25, -0.2) is 4.79 Å². The fourth-order valence-corrected chi connectivity index (χ4v) is 0.478. The lowest BCUT2D eigenvalue weighted by Crippen LogP contribution is -1.85. The molecule has 1 aromatic heterocycles. The monoisotopic (exact) mass is 124 g/mol. The van der Waals surface area contributed by atoms with Gasteiger partial charge >= 0.3 is 5.82 Å². The Bertz CT molecular complexity index is 297. The van der Waals surface area contributed by atoms with Crippen LogP contribution < -0.4 is 5.82 Å². The second-order valence-electron chi connectivity index (χ2n) is 1.48. The molecule has 1 aromatic rings. The minimum absolute atomic E-state index is 0.167. The highest BCUT2D eigenvalue weighted by Crippen LogP contribution is 2.00. The van der Waals surface area contributed by atoms with Gasteiger partial charge in [0.1, 0.15) is 0 Å². The first-order valence-corrected chi connectivity index (χ1v) is 2.31. The minimum Gasteiger partial charge on any atom is -0.395 e. The molecule has 0 aliphatic carbocycles. The molecule has 0 atom stereocenters. The summed E-state index contributed by atoms with van der Waals surface area (Å²) in [5.41, 5.74) is 0. The summed E-state index contributed by atoms with van der Waals surface area (Å²) in [5.74, 6) is 1.92. The van der Waals surface area contributed by atoms with Crippen molar-refractivity contribution in [1.82, 2.24) is 0 Å². The van der Waals surface area contributed by atoms with Crippen molar-refractivity contribution in [2.75, 3.05) is 0 Å². The molecule has 46 valence electrons. The molecule has 0 N–H and O–H groups in total. The van der Waals surface area contributed by atoms with Crippen molar-refractivity contribution in [3.63, 3.8) is 0 Å². The summed E-state index contributed by atoms with van der Waals surface area (Å²) < 4.78 is 8.85. The molecule has 0 spiro atoms. The van der Waals surface area contributed by atoms with Crippen LogP contribution in [0, 0.1) is 19.3 Å². The van der Waals surface area contributed by atoms with Gasteiger partial charge in [0.15, 0.2) is 5.76 Å². The van der Waals surface area contributed by atoms with E-state index in [1.54, 1.807) is 6.92 Å². The molecule has 1 heterocycles. The molecule has 9 heavy (non-hydrogen) atoms. The van der Waals surface area contributed by atoms with E-state index in [1.807, 2.05) is 0 Å². The third-order valence-corrected chi connectivity index (χ3v) is 0.873. The number of hydrogen-bond acceptors (Lipinski definition) is 3. The van der Waals surface area contributed by atoms with Crippen molar-refractivity contribution in [2.45, 2.75) is 6.92 Å². The van der Waals surface area contributed by atoms with Crippen LogP contribution in [0.15, 0.2) is 13.6 Å². The summed E-state index contributed by atoms with van der Waals surface area (Å²) in [6.07, 6.45) is 4.92. The molecule has 0 bridgehead atoms. The van der Waals surface area contributed by atoms with E-state index in [-0.39, 0.29) is 5.76 Å². The number of terminal acetylenes is 1. The van der Waals surface area contributed by atoms with E-state index < -0.39 is 5.82 Å². The zero-order valence-electron chi connectivity index (χ0n) is 4.80. The fraction of sp³-hybridized carbons (Fsp3) is 0.167. The first kappa shape index (κ1) is 5.70. The summed E-state index contributed by atoms with van der Waals surface area (Å²) in [4.78, 5) is 10.2. The third-order valence-electron chi connectivity index (χ3n) is 0.873. The van der Waals surface area contributed by atoms with E-state index in [1.165, 1.54) is 0 Å². The fourth-order valence-electron chi connectivity index (χ4n) is 0.478. The molecule has 0 aliphatic rings. The van der Waals surface area contributed by atoms with Crippen LogP contribution in [0.3, 0.4) is 0 Å². The van der Waals surface area contributed by atoms with E-state index in [9.17, 15) is 4.79 Å². The second-order valence-corrected chi connectivity index (χ2v) is 1.48. The highest BCUT2D eigenvalue weighted by atomic mass is 16.6. The standard InChI is InChI=1S/C6H4O3/c1-3-5-4(2)8-6(7)9-5/h1H,2H3. The lowest BCUT2D eigenvalue weighted by Gasteiger charge is -1.74. The van der Waals surface area contributed by atoms with Gasteiger partial charge in [-0.05, 0) is 12.8 Å². The Hall–Kier alpha value is -1.43. The average molecular weight is 124 g/mol. The molecule has 0 aliphatic heterocycles. The van der Waals surface area contributed by atoms with Gasteiger partial charge in [-0.1, -0.05) is 0 Å². The van der Waals surface area contributed by atoms with E-state index in [2.05, 4.69) is 14.8 Å². The third kappa shape index (κ3) is 0.868. The van der Waals surface area contributed by atoms with Crippen LogP contribution in [-0.2, 0) is 0 Å². The van der Waals surface area contributed by atoms with Crippen LogP contribution in [0.25, 0.3) is 0 Å². The van der Waals surface area contributed by atoms with Gasteiger partial charge in [-0.2, -0.15) is 0 Å². The summed E-state index contributed by atoms with van der Waals surface area (Å²) in [5, 5.41) is 0. The van der Waals surface area contributed by atoms with Crippen molar-refractivity contribution in [3.05, 3.63) is 22.1 Å². The average Bonchev–Trinajstić information content (AvgIpc) is 2.10. The molecule has 3 nitrogen and oxygen atoms in total. The summed E-state index contributed by atoms with van der Waals surface area (Å²) in [7, 11) is 0. The van der Waals surface area contributed by atoms with Crippen LogP contribution >= 0.6 is 0 Å². The van der Waals surface area contributed by atoms with Crippen LogP contribution in [-0.4, -0.2) is 0 Å². The smallest absolute Gasteiger partial charge is 0.395 e. The van der Waals surface area contributed by atoms with Crippen LogP contribution in [0.4, 0.5) is 0 Å². The van der Waals surface area contributed by atoms with Crippen molar-refractivity contribution in [1.29, 1.82) is 0 Å². The maximum absolute atomic E-state index is 10.2. The SMILES string of the molecule is C#Cc1oc(=O)oc1C. The lowest BCUT2D eigenvalue weighted by atomic mass is 10.4. The molecule has 0 unspecified atom stereocenters. The molecule has 3 heteroatoms. The van der Waals surface area contributed by atoms with Crippen molar-refractivity contribution in [3.8, 4) is 12.3 Å². The Morgan fingerprint density at radius 1 is 1.56 bits per heavy atom. The van der Waals surface area contributed by atoms with Crippen molar-refractivity contribution < 1.29 is 8.83 Å². The first-order chi connectivity index (χ1) is 4.24. The van der Waals surface area contributed by atoms with Crippen LogP contribution in [0.1, 0.15) is 11.5 Å². The molecule has 0 amide bonds. The predicted molar refractivity (Wildman–Crippen MR) is 29.9 cm³/mol. The normalized spacial score (nSPS) is 8.89. The Kier molecular flexibility index (Phi) is 1.16. The van der Waals surface area contributed by atoms with Gasteiger partial charge < -0.3 is 8.83 Å². The van der Waals surface area contributed by atoms with Crippen LogP contribution in [0.5, 0.6) is 0 Å². The van der Waals surface area contributed by atoms with E-state index in [0.29, 0.717) is 5.76 Å². The van der Waals surface area contributed by atoms with Crippen LogP contribution in [0.2, 0.25) is 0 Å². The Labute approximate surface area is 51.3 Å². The lowest BCUT2D eigenvalue weighted by molar-refractivity contribution is 0.376. The topological polar surface area (TPSA) is 43.4 Å². The van der Waals surface area contributed by atoms with Gasteiger partial charge in [-0.15, -0.1) is 6.42 Å². The Balaban J connectivity index is 3.37. The molecular formula is C6H4O3. The zero-order chi connectivity index (χ0) is 6.85. The summed E-state index contributed by atoms with van der Waals surface area (Å²) in [6.45, 7) is 1.57. The quantitative estimate of drug-likeness (QED) is 0.473. The number of hydrogen-bond donors (Lipinski definition) is 0. The second kappa shape index (κ2) is 1.82. The zero-order valence-corrected chi connectivity index (χ0v) is 4.80. The highest BCUT2D eigenvalue weighted by molar-refractivity contribution is 5.22. The number of aryl methyl sites for hydroxylation is 1. The molecule has 0 fully saturated rings. The summed E-state index contributed by atoms with van der Waals surface area (Å²) >= 11 is 0. The van der Waals surface area contributed by atoms with Gasteiger partial charge in [0.05, 0.1) is 0 Å². The molecular weight excluding hydrogens is 120 g/mol. The van der Waals surface area contributed by atoms with Gasteiger partial charge in [0.2, 0.25) is 5.76 Å². The summed E-state index contributed by atoms with van der Waals surface area (Å²) in [6, 6.07) is 0. The molecule has 0 saturated heterocycles. The van der Waals surface area contributed by atoms with Gasteiger partial charge in [0.25, 0.3) is 0 Å². The maximum Gasteiger partial charge on any atom is 0.520 e. The van der Waals surface area contributed by atoms with Crippen molar-refractivity contribution in [2.24, 2.45) is 0 Å². The van der Waals surface area contributed by atoms with E-state index >= 15 is 0 Å². The molecule has 0 saturated carbocycles. The largest absolute Gasteiger partial charge is 0.520 e. The van der Waals surface area contributed by atoms with E-state index in [0.717, 1.165) is 0 Å². The molecule has 0 aromatic carbocycles. The Morgan fingerprint density at radius 3 is 2.44 bits per heavy atom. The first-order valence-electron chi connectivity index (χ1n) is 2.31. The maximum atomic E-state index is 10.2. The Morgan fingerprint density at radius 2 is 2.22 bits per heavy atom. The van der Waals surface area contributed by atoms with E-state index in [4.69, 9.17) is 6.42 Å². The minimum atomic E-state index is -0.750. The molecule has 0 radical (unpaired) electrons. The van der Waals surface area contributed by atoms with Gasteiger partial charge in [0, 0.05) is 0 Å². The van der Waals surface area contributed by atoms with Gasteiger partial charge in [-0.3, -0.25) is 0 Å². The molecule has 1 rings (SSSR count). The number of rotatable bonds is 0. The predicted octanol–water partition coefficient (Wildman–Crippen LogP) is 0.523. The highest BCUT2D eigenvalue weighted by Gasteiger charge is 2.02.